The van der Waals surface area contributed by atoms with E-state index >= 15 is 0 Å². The fourth-order valence-electron chi connectivity index (χ4n) is 1.92. The number of carboxylic acid groups (broad SMARTS) is 1. The summed E-state index contributed by atoms with van der Waals surface area (Å²) in [5, 5.41) is 14.8. The molecular weight excluding hydrogens is 270 g/mol. The van der Waals surface area contributed by atoms with Crippen molar-refractivity contribution in [2.75, 3.05) is 18.9 Å². The molecule has 3 N–H and O–H groups in total. The van der Waals surface area contributed by atoms with Crippen molar-refractivity contribution in [3.8, 4) is 0 Å². The maximum Gasteiger partial charge on any atom is 0.335 e. The molecule has 0 aromatic carbocycles. The third-order valence-corrected chi connectivity index (χ3v) is 3.18. The Balaban J connectivity index is 2.92. The molecule has 1 rings (SSSR count). The maximum absolute atomic E-state index is 11.7. The van der Waals surface area contributed by atoms with Gasteiger partial charge in [0.25, 0.3) is 0 Å². The second-order valence-electron chi connectivity index (χ2n) is 5.60. The molecule has 0 atom stereocenters. The van der Waals surface area contributed by atoms with Crippen molar-refractivity contribution in [1.29, 1.82) is 0 Å². The van der Waals surface area contributed by atoms with Crippen molar-refractivity contribution in [2.45, 2.75) is 33.6 Å². The van der Waals surface area contributed by atoms with Crippen LogP contribution in [0, 0.1) is 5.41 Å². The van der Waals surface area contributed by atoms with E-state index in [1.54, 1.807) is 13.1 Å². The smallest absolute Gasteiger partial charge is 0.335 e. The van der Waals surface area contributed by atoms with Gasteiger partial charge in [0.2, 0.25) is 5.91 Å². The van der Waals surface area contributed by atoms with E-state index in [1.807, 2.05) is 20.8 Å². The van der Waals surface area contributed by atoms with E-state index in [9.17, 15) is 9.59 Å². The Bertz CT molecular complexity index is 527. The Morgan fingerprint density at radius 3 is 2.52 bits per heavy atom. The zero-order valence-corrected chi connectivity index (χ0v) is 13.0. The highest BCUT2D eigenvalue weighted by molar-refractivity contribution is 5.88. The topological polar surface area (TPSA) is 91.3 Å². The summed E-state index contributed by atoms with van der Waals surface area (Å²) in [4.78, 5) is 27.3. The lowest BCUT2D eigenvalue weighted by Crippen LogP contribution is -2.39. The average molecular weight is 293 g/mol. The summed E-state index contributed by atoms with van der Waals surface area (Å²) in [6.45, 7) is 6.00. The van der Waals surface area contributed by atoms with Gasteiger partial charge in [-0.1, -0.05) is 13.3 Å². The summed E-state index contributed by atoms with van der Waals surface area (Å²) in [7, 11) is 1.59. The van der Waals surface area contributed by atoms with Crippen molar-refractivity contribution in [3.05, 3.63) is 23.4 Å². The molecule has 21 heavy (non-hydrogen) atoms. The van der Waals surface area contributed by atoms with Crippen LogP contribution < -0.4 is 10.6 Å². The quantitative estimate of drug-likeness (QED) is 0.714. The van der Waals surface area contributed by atoms with Crippen LogP contribution in [0.15, 0.2) is 12.1 Å². The minimum Gasteiger partial charge on any atom is -0.478 e. The number of carbonyl (C=O) groups is 2. The van der Waals surface area contributed by atoms with Crippen LogP contribution in [0.5, 0.6) is 0 Å². The third kappa shape index (κ3) is 4.73. The number of aromatic nitrogens is 1. The SMILES string of the molecule is CCCc1cc(C(=O)O)cc(NCC(C)(C)C(=O)NC)n1. The van der Waals surface area contributed by atoms with E-state index in [0.717, 1.165) is 12.1 Å². The maximum atomic E-state index is 11.7. The number of nitrogens with one attached hydrogen (secondary N) is 2. The first-order chi connectivity index (χ1) is 9.80. The van der Waals surface area contributed by atoms with Gasteiger partial charge in [-0.05, 0) is 32.4 Å². The third-order valence-electron chi connectivity index (χ3n) is 3.18. The zero-order valence-electron chi connectivity index (χ0n) is 13.0. The summed E-state index contributed by atoms with van der Waals surface area (Å²) in [5.41, 5.74) is 0.326. The van der Waals surface area contributed by atoms with E-state index < -0.39 is 11.4 Å². The van der Waals surface area contributed by atoms with Crippen LogP contribution in [0.2, 0.25) is 0 Å². The first-order valence-corrected chi connectivity index (χ1v) is 7.00. The van der Waals surface area contributed by atoms with Gasteiger partial charge in [0.1, 0.15) is 5.82 Å². The van der Waals surface area contributed by atoms with Crippen LogP contribution in [-0.4, -0.2) is 35.6 Å². The lowest BCUT2D eigenvalue weighted by atomic mass is 9.92. The fourth-order valence-corrected chi connectivity index (χ4v) is 1.92. The molecule has 0 radical (unpaired) electrons. The van der Waals surface area contributed by atoms with Gasteiger partial charge in [-0.25, -0.2) is 9.78 Å². The van der Waals surface area contributed by atoms with Gasteiger partial charge >= 0.3 is 5.97 Å². The molecule has 1 heterocycles. The normalized spacial score (nSPS) is 11.0. The number of pyridine rings is 1. The van der Waals surface area contributed by atoms with Crippen molar-refractivity contribution < 1.29 is 14.7 Å². The molecule has 6 heteroatoms. The first kappa shape index (κ1) is 16.9. The van der Waals surface area contributed by atoms with E-state index in [4.69, 9.17) is 5.11 Å². The first-order valence-electron chi connectivity index (χ1n) is 7.00. The number of nitrogens with zero attached hydrogens (tertiary/aromatic N) is 1. The summed E-state index contributed by atoms with van der Waals surface area (Å²) in [6.07, 6.45) is 1.61. The minimum atomic E-state index is -0.983. The molecule has 0 aliphatic heterocycles. The largest absolute Gasteiger partial charge is 0.478 e. The highest BCUT2D eigenvalue weighted by Crippen LogP contribution is 2.18. The molecule has 0 aliphatic rings. The average Bonchev–Trinajstić information content (AvgIpc) is 2.44. The zero-order chi connectivity index (χ0) is 16.0. The van der Waals surface area contributed by atoms with Gasteiger partial charge in [-0.2, -0.15) is 0 Å². The van der Waals surface area contributed by atoms with Crippen LogP contribution in [0.3, 0.4) is 0 Å². The predicted octanol–water partition coefficient (Wildman–Crippen LogP) is 1.92. The van der Waals surface area contributed by atoms with Gasteiger partial charge in [0, 0.05) is 19.3 Å². The molecule has 1 amide bonds. The van der Waals surface area contributed by atoms with Crippen molar-refractivity contribution >= 4 is 17.7 Å². The van der Waals surface area contributed by atoms with E-state index in [0.29, 0.717) is 18.8 Å². The summed E-state index contributed by atoms with van der Waals surface area (Å²) in [5.74, 6) is -0.586. The van der Waals surface area contributed by atoms with Gasteiger partial charge in [-0.15, -0.1) is 0 Å². The second-order valence-corrected chi connectivity index (χ2v) is 5.60. The van der Waals surface area contributed by atoms with Crippen LogP contribution >= 0.6 is 0 Å². The molecule has 0 saturated carbocycles. The van der Waals surface area contributed by atoms with Crippen molar-refractivity contribution in [1.82, 2.24) is 10.3 Å². The minimum absolute atomic E-state index is 0.0850. The summed E-state index contributed by atoms with van der Waals surface area (Å²) < 4.78 is 0. The number of amides is 1. The molecule has 1 aromatic rings. The number of rotatable bonds is 7. The summed E-state index contributed by atoms with van der Waals surface area (Å²) in [6, 6.07) is 3.07. The Hall–Kier alpha value is -2.11. The Morgan fingerprint density at radius 2 is 2.00 bits per heavy atom. The van der Waals surface area contributed by atoms with Gasteiger partial charge in [0.05, 0.1) is 11.0 Å². The molecule has 116 valence electrons. The van der Waals surface area contributed by atoms with E-state index in [-0.39, 0.29) is 11.5 Å². The van der Waals surface area contributed by atoms with Gasteiger partial charge in [0.15, 0.2) is 0 Å². The molecule has 0 spiro atoms. The molecule has 1 aromatic heterocycles. The predicted molar refractivity (Wildman–Crippen MR) is 81.5 cm³/mol. The van der Waals surface area contributed by atoms with Crippen LogP contribution in [-0.2, 0) is 11.2 Å². The van der Waals surface area contributed by atoms with E-state index in [1.165, 1.54) is 6.07 Å². The fraction of sp³-hybridized carbons (Fsp3) is 0.533. The standard InChI is InChI=1S/C15H23N3O3/c1-5-6-11-7-10(13(19)20)8-12(18-11)17-9-15(2,3)14(21)16-4/h7-8H,5-6,9H2,1-4H3,(H,16,21)(H,17,18)(H,19,20). The second kappa shape index (κ2) is 7.06. The van der Waals surface area contributed by atoms with Crippen LogP contribution in [0.25, 0.3) is 0 Å². The molecule has 0 unspecified atom stereocenters. The Labute approximate surface area is 125 Å². The number of aryl methyl sites for hydroxylation is 1. The Morgan fingerprint density at radius 1 is 1.33 bits per heavy atom. The molecular formula is C15H23N3O3. The lowest BCUT2D eigenvalue weighted by molar-refractivity contribution is -0.128. The highest BCUT2D eigenvalue weighted by Gasteiger charge is 2.26. The van der Waals surface area contributed by atoms with Crippen LogP contribution in [0.4, 0.5) is 5.82 Å². The van der Waals surface area contributed by atoms with Crippen LogP contribution in [0.1, 0.15) is 43.2 Å². The van der Waals surface area contributed by atoms with Gasteiger partial charge in [-0.3, -0.25) is 4.79 Å². The lowest BCUT2D eigenvalue weighted by Gasteiger charge is -2.23. The monoisotopic (exact) mass is 293 g/mol. The number of carbonyl (C=O) groups excluding carboxylic acids is 1. The number of hydrogen-bond donors (Lipinski definition) is 3. The summed E-state index contributed by atoms with van der Waals surface area (Å²) >= 11 is 0. The number of carboxylic acids is 1. The van der Waals surface area contributed by atoms with Crippen molar-refractivity contribution in [3.63, 3.8) is 0 Å². The van der Waals surface area contributed by atoms with E-state index in [2.05, 4.69) is 15.6 Å². The highest BCUT2D eigenvalue weighted by atomic mass is 16.4. The molecule has 0 aliphatic carbocycles. The molecule has 0 bridgehead atoms. The number of hydrogen-bond acceptors (Lipinski definition) is 4. The number of anilines is 1. The Kier molecular flexibility index (Phi) is 5.69. The molecule has 0 fully saturated rings. The number of aromatic carboxylic acids is 1. The molecule has 6 nitrogen and oxygen atoms in total. The van der Waals surface area contributed by atoms with Crippen molar-refractivity contribution in [2.24, 2.45) is 5.41 Å². The molecule has 0 saturated heterocycles. The van der Waals surface area contributed by atoms with Gasteiger partial charge < -0.3 is 15.7 Å².